The van der Waals surface area contributed by atoms with E-state index in [9.17, 15) is 4.79 Å². The average Bonchev–Trinajstić information content (AvgIpc) is 2.54. The van der Waals surface area contributed by atoms with Crippen molar-refractivity contribution in [2.24, 2.45) is 11.7 Å². The van der Waals surface area contributed by atoms with Gasteiger partial charge < -0.3 is 10.7 Å². The highest BCUT2D eigenvalue weighted by Crippen LogP contribution is 2.22. The van der Waals surface area contributed by atoms with Crippen molar-refractivity contribution in [2.45, 2.75) is 26.3 Å². The van der Waals surface area contributed by atoms with Gasteiger partial charge in [0.1, 0.15) is 5.82 Å². The third kappa shape index (κ3) is 3.29. The van der Waals surface area contributed by atoms with Gasteiger partial charge in [0.25, 0.3) is 5.56 Å². The van der Waals surface area contributed by atoms with Crippen molar-refractivity contribution in [3.63, 3.8) is 0 Å². The molecule has 1 aromatic carbocycles. The molecule has 2 heterocycles. The van der Waals surface area contributed by atoms with Gasteiger partial charge in [0.05, 0.1) is 16.9 Å². The van der Waals surface area contributed by atoms with Crippen LogP contribution in [0.25, 0.3) is 22.0 Å². The molecule has 0 aliphatic carbocycles. The van der Waals surface area contributed by atoms with Gasteiger partial charge in [-0.05, 0) is 47.7 Å². The second-order valence-corrected chi connectivity index (χ2v) is 6.16. The summed E-state index contributed by atoms with van der Waals surface area (Å²) in [7, 11) is 0. The van der Waals surface area contributed by atoms with Crippen LogP contribution in [0.1, 0.15) is 32.1 Å². The van der Waals surface area contributed by atoms with Gasteiger partial charge in [-0.2, -0.15) is 0 Å². The first-order valence-corrected chi connectivity index (χ1v) is 7.74. The summed E-state index contributed by atoms with van der Waals surface area (Å²) >= 11 is 0. The number of H-pyrrole nitrogens is 1. The van der Waals surface area contributed by atoms with Crippen LogP contribution in [-0.4, -0.2) is 15.0 Å². The van der Waals surface area contributed by atoms with Crippen molar-refractivity contribution in [1.29, 1.82) is 0 Å². The number of nitrogens with two attached hydrogens (primary N) is 1. The van der Waals surface area contributed by atoms with Crippen molar-refractivity contribution in [3.05, 3.63) is 58.9 Å². The zero-order valence-electron chi connectivity index (χ0n) is 13.3. The Hall–Kier alpha value is -2.53. The van der Waals surface area contributed by atoms with Crippen molar-refractivity contribution in [3.8, 4) is 11.1 Å². The van der Waals surface area contributed by atoms with Crippen molar-refractivity contribution >= 4 is 10.9 Å². The molecule has 118 valence electrons. The molecule has 0 bridgehead atoms. The van der Waals surface area contributed by atoms with Crippen LogP contribution in [0.3, 0.4) is 0 Å². The maximum absolute atomic E-state index is 12.4. The van der Waals surface area contributed by atoms with Crippen LogP contribution in [0.15, 0.2) is 47.5 Å². The molecule has 0 spiro atoms. The number of aromatic amines is 1. The quantitative estimate of drug-likeness (QED) is 0.776. The van der Waals surface area contributed by atoms with Crippen molar-refractivity contribution in [1.82, 2.24) is 15.0 Å². The topological polar surface area (TPSA) is 84.7 Å². The van der Waals surface area contributed by atoms with E-state index in [1.54, 1.807) is 12.4 Å². The fraction of sp³-hybridized carbons (Fsp3) is 0.278. The Balaban J connectivity index is 2.05. The minimum Gasteiger partial charge on any atom is -0.321 e. The number of hydrogen-bond acceptors (Lipinski definition) is 4. The molecule has 5 nitrogen and oxygen atoms in total. The second kappa shape index (κ2) is 6.30. The summed E-state index contributed by atoms with van der Waals surface area (Å²) in [5, 5.41) is 0.569. The molecular formula is C18H20N4O. The normalized spacial score (nSPS) is 12.7. The highest BCUT2D eigenvalue weighted by Gasteiger charge is 2.13. The minimum absolute atomic E-state index is 0.153. The van der Waals surface area contributed by atoms with E-state index in [1.165, 1.54) is 0 Å². The van der Waals surface area contributed by atoms with E-state index >= 15 is 0 Å². The van der Waals surface area contributed by atoms with Crippen LogP contribution in [0.2, 0.25) is 0 Å². The fourth-order valence-electron chi connectivity index (χ4n) is 2.68. The lowest BCUT2D eigenvalue weighted by molar-refractivity contribution is 0.493. The van der Waals surface area contributed by atoms with Gasteiger partial charge in [0.2, 0.25) is 0 Å². The number of rotatable bonds is 4. The van der Waals surface area contributed by atoms with E-state index in [2.05, 4.69) is 28.8 Å². The molecular weight excluding hydrogens is 288 g/mol. The van der Waals surface area contributed by atoms with Crippen LogP contribution in [0.4, 0.5) is 0 Å². The summed E-state index contributed by atoms with van der Waals surface area (Å²) in [4.78, 5) is 23.8. The first kappa shape index (κ1) is 15.4. The van der Waals surface area contributed by atoms with Gasteiger partial charge in [0.15, 0.2) is 0 Å². The zero-order chi connectivity index (χ0) is 16.4. The molecule has 0 aliphatic rings. The second-order valence-electron chi connectivity index (χ2n) is 6.16. The van der Waals surface area contributed by atoms with E-state index in [4.69, 9.17) is 5.73 Å². The standard InChI is InChI=1S/C18H20N4O/c1-11(2)9-15(19)17-21-16-4-3-13(10-14(16)18(23)22-17)12-5-7-20-8-6-12/h3-8,10-11,15H,9,19H2,1-2H3,(H,21,22,23). The van der Waals surface area contributed by atoms with Crippen LogP contribution in [-0.2, 0) is 0 Å². The number of nitrogens with zero attached hydrogens (tertiary/aromatic N) is 2. The summed E-state index contributed by atoms with van der Waals surface area (Å²) in [6, 6.07) is 9.25. The van der Waals surface area contributed by atoms with Crippen LogP contribution < -0.4 is 11.3 Å². The Morgan fingerprint density at radius 1 is 1.13 bits per heavy atom. The smallest absolute Gasteiger partial charge is 0.258 e. The molecule has 0 saturated carbocycles. The summed E-state index contributed by atoms with van der Waals surface area (Å²) in [5.74, 6) is 0.993. The van der Waals surface area contributed by atoms with Crippen molar-refractivity contribution in [2.75, 3.05) is 0 Å². The van der Waals surface area contributed by atoms with Gasteiger partial charge in [-0.3, -0.25) is 9.78 Å². The number of aromatic nitrogens is 3. The number of benzene rings is 1. The first-order chi connectivity index (χ1) is 11.0. The predicted molar refractivity (Wildman–Crippen MR) is 92.0 cm³/mol. The molecule has 3 rings (SSSR count). The zero-order valence-corrected chi connectivity index (χ0v) is 13.3. The van der Waals surface area contributed by atoms with E-state index in [0.717, 1.165) is 17.5 Å². The maximum Gasteiger partial charge on any atom is 0.258 e. The van der Waals surface area contributed by atoms with Gasteiger partial charge in [-0.1, -0.05) is 19.9 Å². The van der Waals surface area contributed by atoms with Gasteiger partial charge in [0, 0.05) is 12.4 Å². The number of pyridine rings is 1. The van der Waals surface area contributed by atoms with Crippen LogP contribution in [0, 0.1) is 5.92 Å². The lowest BCUT2D eigenvalue weighted by Gasteiger charge is -2.13. The van der Waals surface area contributed by atoms with E-state index < -0.39 is 0 Å². The molecule has 1 unspecified atom stereocenters. The third-order valence-corrected chi connectivity index (χ3v) is 3.81. The summed E-state index contributed by atoms with van der Waals surface area (Å²) in [6.07, 6.45) is 4.25. The highest BCUT2D eigenvalue weighted by atomic mass is 16.1. The number of hydrogen-bond donors (Lipinski definition) is 2. The Labute approximate surface area is 134 Å². The molecule has 0 fully saturated rings. The number of nitrogens with one attached hydrogen (secondary N) is 1. The fourth-order valence-corrected chi connectivity index (χ4v) is 2.68. The molecule has 0 aliphatic heterocycles. The first-order valence-electron chi connectivity index (χ1n) is 7.74. The van der Waals surface area contributed by atoms with Gasteiger partial charge in [-0.25, -0.2) is 4.98 Å². The Morgan fingerprint density at radius 3 is 2.57 bits per heavy atom. The van der Waals surface area contributed by atoms with Crippen molar-refractivity contribution < 1.29 is 0 Å². The van der Waals surface area contributed by atoms with Gasteiger partial charge >= 0.3 is 0 Å². The highest BCUT2D eigenvalue weighted by molar-refractivity contribution is 5.83. The molecule has 0 saturated heterocycles. The third-order valence-electron chi connectivity index (χ3n) is 3.81. The molecule has 0 amide bonds. The van der Waals surface area contributed by atoms with Crippen LogP contribution >= 0.6 is 0 Å². The maximum atomic E-state index is 12.4. The monoisotopic (exact) mass is 308 g/mol. The molecule has 0 radical (unpaired) electrons. The largest absolute Gasteiger partial charge is 0.321 e. The van der Waals surface area contributed by atoms with Crippen LogP contribution in [0.5, 0.6) is 0 Å². The SMILES string of the molecule is CC(C)CC(N)c1nc2ccc(-c3ccncc3)cc2c(=O)[nH]1. The molecule has 3 aromatic rings. The van der Waals surface area contributed by atoms with Gasteiger partial charge in [-0.15, -0.1) is 0 Å². The van der Waals surface area contributed by atoms with E-state index in [0.29, 0.717) is 22.6 Å². The summed E-state index contributed by atoms with van der Waals surface area (Å²) in [5.41, 5.74) is 8.63. The summed E-state index contributed by atoms with van der Waals surface area (Å²) < 4.78 is 0. The lowest BCUT2D eigenvalue weighted by Crippen LogP contribution is -2.21. The predicted octanol–water partition coefficient (Wildman–Crippen LogP) is 3.03. The molecule has 1 atom stereocenters. The van der Waals surface area contributed by atoms with E-state index in [1.807, 2.05) is 30.3 Å². The molecule has 5 heteroatoms. The lowest BCUT2D eigenvalue weighted by atomic mass is 10.0. The number of fused-ring (bicyclic) bond motifs is 1. The Morgan fingerprint density at radius 2 is 1.87 bits per heavy atom. The Bertz CT molecular complexity index is 871. The average molecular weight is 308 g/mol. The Kier molecular flexibility index (Phi) is 4.21. The molecule has 3 N–H and O–H groups in total. The molecule has 23 heavy (non-hydrogen) atoms. The van der Waals surface area contributed by atoms with E-state index in [-0.39, 0.29) is 11.6 Å². The summed E-state index contributed by atoms with van der Waals surface area (Å²) in [6.45, 7) is 4.19. The molecule has 2 aromatic heterocycles. The minimum atomic E-state index is -0.257.